The van der Waals surface area contributed by atoms with Gasteiger partial charge in [-0.2, -0.15) is 0 Å². The molecule has 2 rings (SSSR count). The smallest absolute Gasteiger partial charge is 0.0416 e. The highest BCUT2D eigenvalue weighted by atomic mass is 14.8. The second-order valence-corrected chi connectivity index (χ2v) is 4.24. The molecule has 0 radical (unpaired) electrons. The number of nitrogens with one attached hydrogen (secondary N) is 1. The summed E-state index contributed by atoms with van der Waals surface area (Å²) in [4.78, 5) is 4.38. The third-order valence-corrected chi connectivity index (χ3v) is 2.70. The molecule has 2 aromatic rings. The molecule has 0 aliphatic heterocycles. The molecule has 1 N–H and O–H groups in total. The van der Waals surface area contributed by atoms with Crippen molar-refractivity contribution in [3.05, 3.63) is 65.5 Å². The summed E-state index contributed by atoms with van der Waals surface area (Å²) in [5.41, 5.74) is 3.69. The average Bonchev–Trinajstić information content (AvgIpc) is 2.38. The Kier molecular flexibility index (Phi) is 4.28. The van der Waals surface area contributed by atoms with Crippen molar-refractivity contribution in [3.8, 4) is 0 Å². The van der Waals surface area contributed by atoms with E-state index in [-0.39, 0.29) is 0 Å². The van der Waals surface area contributed by atoms with Crippen LogP contribution in [0.15, 0.2) is 48.7 Å². The second-order valence-electron chi connectivity index (χ2n) is 4.24. The number of rotatable bonds is 5. The largest absolute Gasteiger partial charge is 0.312 e. The molecule has 0 fully saturated rings. The molecule has 1 aromatic heterocycles. The molecule has 1 aromatic carbocycles. The van der Waals surface area contributed by atoms with Crippen LogP contribution in [0.2, 0.25) is 0 Å². The van der Waals surface area contributed by atoms with Crippen molar-refractivity contribution in [3.63, 3.8) is 0 Å². The van der Waals surface area contributed by atoms with Crippen LogP contribution < -0.4 is 5.32 Å². The zero-order valence-electron chi connectivity index (χ0n) is 10.2. The van der Waals surface area contributed by atoms with Crippen molar-refractivity contribution in [1.29, 1.82) is 0 Å². The summed E-state index contributed by atoms with van der Waals surface area (Å²) in [6.45, 7) is 3.95. The van der Waals surface area contributed by atoms with Gasteiger partial charge in [0.2, 0.25) is 0 Å². The first-order valence-corrected chi connectivity index (χ1v) is 6.01. The van der Waals surface area contributed by atoms with Crippen molar-refractivity contribution in [2.24, 2.45) is 0 Å². The summed E-state index contributed by atoms with van der Waals surface area (Å²) >= 11 is 0. The number of hydrogen-bond acceptors (Lipinski definition) is 2. The van der Waals surface area contributed by atoms with Gasteiger partial charge in [-0.05, 0) is 24.1 Å². The van der Waals surface area contributed by atoms with Crippen LogP contribution in [0.25, 0.3) is 0 Å². The van der Waals surface area contributed by atoms with Gasteiger partial charge in [-0.25, -0.2) is 0 Å². The molecule has 2 heteroatoms. The average molecular weight is 226 g/mol. The molecule has 0 saturated heterocycles. The first kappa shape index (κ1) is 11.8. The Bertz CT molecular complexity index is 434. The predicted octanol–water partition coefficient (Wildman–Crippen LogP) is 2.72. The van der Waals surface area contributed by atoms with E-state index in [1.54, 1.807) is 0 Å². The van der Waals surface area contributed by atoms with E-state index in [9.17, 15) is 0 Å². The second kappa shape index (κ2) is 6.16. The van der Waals surface area contributed by atoms with Crippen LogP contribution in [0.5, 0.6) is 0 Å². The first-order chi connectivity index (χ1) is 8.34. The summed E-state index contributed by atoms with van der Waals surface area (Å²) in [5.74, 6) is 0. The van der Waals surface area contributed by atoms with Gasteiger partial charge in [-0.1, -0.05) is 36.4 Å². The SMILES string of the molecule is Cc1ccc(CCNCc2ccccc2)nc1. The van der Waals surface area contributed by atoms with Gasteiger partial charge in [-0.3, -0.25) is 4.98 Å². The normalized spacial score (nSPS) is 10.4. The van der Waals surface area contributed by atoms with Crippen LogP contribution in [-0.4, -0.2) is 11.5 Å². The molecule has 0 amide bonds. The quantitative estimate of drug-likeness (QED) is 0.793. The van der Waals surface area contributed by atoms with Crippen molar-refractivity contribution in [1.82, 2.24) is 10.3 Å². The van der Waals surface area contributed by atoms with E-state index >= 15 is 0 Å². The maximum absolute atomic E-state index is 4.38. The minimum atomic E-state index is 0.923. The van der Waals surface area contributed by atoms with E-state index in [1.165, 1.54) is 11.1 Å². The van der Waals surface area contributed by atoms with Gasteiger partial charge in [0.05, 0.1) is 0 Å². The van der Waals surface area contributed by atoms with Crippen molar-refractivity contribution in [2.45, 2.75) is 19.9 Å². The van der Waals surface area contributed by atoms with Gasteiger partial charge in [0.25, 0.3) is 0 Å². The van der Waals surface area contributed by atoms with Crippen LogP contribution in [0.1, 0.15) is 16.8 Å². The number of aryl methyl sites for hydroxylation is 1. The molecular weight excluding hydrogens is 208 g/mol. The van der Waals surface area contributed by atoms with Gasteiger partial charge >= 0.3 is 0 Å². The Balaban J connectivity index is 1.71. The lowest BCUT2D eigenvalue weighted by molar-refractivity contribution is 0.680. The van der Waals surface area contributed by atoms with Crippen LogP contribution in [0.4, 0.5) is 0 Å². The molecule has 2 nitrogen and oxygen atoms in total. The lowest BCUT2D eigenvalue weighted by atomic mass is 10.2. The number of benzene rings is 1. The summed E-state index contributed by atoms with van der Waals surface area (Å²) in [7, 11) is 0. The number of pyridine rings is 1. The summed E-state index contributed by atoms with van der Waals surface area (Å²) in [6.07, 6.45) is 2.90. The highest BCUT2D eigenvalue weighted by molar-refractivity contribution is 5.14. The fraction of sp³-hybridized carbons (Fsp3) is 0.267. The van der Waals surface area contributed by atoms with E-state index in [2.05, 4.69) is 53.6 Å². The third kappa shape index (κ3) is 4.00. The maximum atomic E-state index is 4.38. The zero-order chi connectivity index (χ0) is 11.9. The topological polar surface area (TPSA) is 24.9 Å². The van der Waals surface area contributed by atoms with E-state index in [0.29, 0.717) is 0 Å². The summed E-state index contributed by atoms with van der Waals surface area (Å²) in [5, 5.41) is 3.42. The number of nitrogens with zero attached hydrogens (tertiary/aromatic N) is 1. The van der Waals surface area contributed by atoms with E-state index in [0.717, 1.165) is 25.2 Å². The molecule has 0 saturated carbocycles. The number of hydrogen-bond donors (Lipinski definition) is 1. The fourth-order valence-corrected chi connectivity index (χ4v) is 1.69. The van der Waals surface area contributed by atoms with E-state index in [1.807, 2.05) is 12.3 Å². The predicted molar refractivity (Wildman–Crippen MR) is 70.8 cm³/mol. The van der Waals surface area contributed by atoms with Gasteiger partial charge in [-0.15, -0.1) is 0 Å². The zero-order valence-corrected chi connectivity index (χ0v) is 10.2. The van der Waals surface area contributed by atoms with Gasteiger partial charge in [0.1, 0.15) is 0 Å². The molecule has 0 bridgehead atoms. The van der Waals surface area contributed by atoms with Crippen molar-refractivity contribution >= 4 is 0 Å². The summed E-state index contributed by atoms with van der Waals surface area (Å²) < 4.78 is 0. The lowest BCUT2D eigenvalue weighted by Crippen LogP contribution is -2.17. The Labute approximate surface area is 103 Å². The Morgan fingerprint density at radius 2 is 1.88 bits per heavy atom. The van der Waals surface area contributed by atoms with Gasteiger partial charge in [0.15, 0.2) is 0 Å². The highest BCUT2D eigenvalue weighted by Crippen LogP contribution is 2.00. The fourth-order valence-electron chi connectivity index (χ4n) is 1.69. The van der Waals surface area contributed by atoms with Crippen molar-refractivity contribution in [2.75, 3.05) is 6.54 Å². The van der Waals surface area contributed by atoms with Gasteiger partial charge in [0, 0.05) is 31.4 Å². The van der Waals surface area contributed by atoms with Crippen molar-refractivity contribution < 1.29 is 0 Å². The molecule has 0 atom stereocenters. The van der Waals surface area contributed by atoms with E-state index < -0.39 is 0 Å². The lowest BCUT2D eigenvalue weighted by Gasteiger charge is -2.04. The molecule has 0 aliphatic rings. The molecule has 17 heavy (non-hydrogen) atoms. The Morgan fingerprint density at radius 3 is 2.59 bits per heavy atom. The molecule has 0 unspecified atom stereocenters. The molecule has 0 spiro atoms. The summed E-state index contributed by atoms with van der Waals surface area (Å²) in [6, 6.07) is 14.7. The van der Waals surface area contributed by atoms with Crippen LogP contribution in [-0.2, 0) is 13.0 Å². The van der Waals surface area contributed by atoms with Crippen LogP contribution in [0, 0.1) is 6.92 Å². The van der Waals surface area contributed by atoms with Crippen LogP contribution in [0.3, 0.4) is 0 Å². The molecule has 88 valence electrons. The Hall–Kier alpha value is -1.67. The first-order valence-electron chi connectivity index (χ1n) is 6.01. The monoisotopic (exact) mass is 226 g/mol. The maximum Gasteiger partial charge on any atom is 0.0416 e. The number of aromatic nitrogens is 1. The highest BCUT2D eigenvalue weighted by Gasteiger charge is 1.95. The molecular formula is C15H18N2. The van der Waals surface area contributed by atoms with Crippen LogP contribution >= 0.6 is 0 Å². The Morgan fingerprint density at radius 1 is 1.06 bits per heavy atom. The minimum Gasteiger partial charge on any atom is -0.312 e. The standard InChI is InChI=1S/C15H18N2/c1-13-7-8-15(17-11-13)9-10-16-12-14-5-3-2-4-6-14/h2-8,11,16H,9-10,12H2,1H3. The third-order valence-electron chi connectivity index (χ3n) is 2.70. The van der Waals surface area contributed by atoms with E-state index in [4.69, 9.17) is 0 Å². The molecule has 1 heterocycles. The van der Waals surface area contributed by atoms with Gasteiger partial charge < -0.3 is 5.32 Å². The molecule has 0 aliphatic carbocycles. The minimum absolute atomic E-state index is 0.923.